The van der Waals surface area contributed by atoms with Crippen molar-refractivity contribution in [3.05, 3.63) is 65.7 Å². The number of likely N-dealkylation sites (tertiary alicyclic amines) is 1. The number of esters is 1. The summed E-state index contributed by atoms with van der Waals surface area (Å²) in [6, 6.07) is 15.9. The van der Waals surface area contributed by atoms with E-state index >= 15 is 0 Å². The molecule has 1 fully saturated rings. The first kappa shape index (κ1) is 21.8. The van der Waals surface area contributed by atoms with E-state index in [2.05, 4.69) is 5.32 Å². The van der Waals surface area contributed by atoms with Gasteiger partial charge in [-0.25, -0.2) is 13.2 Å². The fraction of sp³-hybridized carbons (Fsp3) is 0.364. The number of nitrogens with one attached hydrogen (secondary N) is 1. The van der Waals surface area contributed by atoms with Crippen LogP contribution in [0.5, 0.6) is 0 Å². The topological polar surface area (TPSA) is 92.8 Å². The normalized spacial score (nSPS) is 18.8. The Bertz CT molecular complexity index is 990. The van der Waals surface area contributed by atoms with Crippen LogP contribution in [0, 0.1) is 5.92 Å². The van der Waals surface area contributed by atoms with E-state index in [0.717, 1.165) is 11.1 Å². The van der Waals surface area contributed by atoms with Crippen LogP contribution in [0.1, 0.15) is 24.0 Å². The molecule has 1 saturated heterocycles. The van der Waals surface area contributed by atoms with Gasteiger partial charge >= 0.3 is 12.0 Å². The average Bonchev–Trinajstić information content (AvgIpc) is 3.23. The van der Waals surface area contributed by atoms with Crippen LogP contribution in [0.3, 0.4) is 0 Å². The van der Waals surface area contributed by atoms with Gasteiger partial charge in [-0.3, -0.25) is 4.79 Å². The third-order valence-electron chi connectivity index (χ3n) is 5.44. The van der Waals surface area contributed by atoms with E-state index in [4.69, 9.17) is 4.74 Å². The first-order valence-corrected chi connectivity index (χ1v) is 11.5. The fourth-order valence-corrected chi connectivity index (χ4v) is 4.55. The van der Waals surface area contributed by atoms with Crippen molar-refractivity contribution in [2.24, 2.45) is 5.92 Å². The molecule has 30 heavy (non-hydrogen) atoms. The van der Waals surface area contributed by atoms with Gasteiger partial charge in [0.05, 0.1) is 23.7 Å². The van der Waals surface area contributed by atoms with E-state index in [1.54, 1.807) is 36.1 Å². The molecule has 0 radical (unpaired) electrons. The van der Waals surface area contributed by atoms with Crippen LogP contribution in [-0.4, -0.2) is 51.3 Å². The van der Waals surface area contributed by atoms with Crippen molar-refractivity contribution in [1.82, 2.24) is 10.2 Å². The molecule has 2 amide bonds. The van der Waals surface area contributed by atoms with Crippen LogP contribution in [-0.2, 0) is 25.9 Å². The summed E-state index contributed by atoms with van der Waals surface area (Å²) in [5.74, 6) is -0.821. The Balaban J connectivity index is 1.65. The molecular formula is C22H26N2O5S. The minimum Gasteiger partial charge on any atom is -0.469 e. The van der Waals surface area contributed by atoms with Crippen LogP contribution in [0.25, 0.3) is 0 Å². The Hall–Kier alpha value is -2.87. The highest BCUT2D eigenvalue weighted by Crippen LogP contribution is 2.33. The predicted molar refractivity (Wildman–Crippen MR) is 113 cm³/mol. The van der Waals surface area contributed by atoms with Crippen LogP contribution in [0.2, 0.25) is 0 Å². The standard InChI is InChI=1S/C22H26N2O5S/c1-3-30(27,28)18-11-9-16(10-12-18)13-23-22(26)24-14-19(17-7-5-4-6-8-17)20(15-24)21(25)29-2/h4-12,19-20H,3,13-15H2,1-2H3,(H,23,26)/t19-,20+/m1/s1. The number of nitrogens with zero attached hydrogens (tertiary/aromatic N) is 1. The van der Waals surface area contributed by atoms with Crippen molar-refractivity contribution in [3.63, 3.8) is 0 Å². The summed E-state index contributed by atoms with van der Waals surface area (Å²) < 4.78 is 28.7. The lowest BCUT2D eigenvalue weighted by atomic mass is 9.89. The molecule has 2 aromatic carbocycles. The van der Waals surface area contributed by atoms with Gasteiger partial charge in [-0.05, 0) is 23.3 Å². The maximum Gasteiger partial charge on any atom is 0.317 e. The molecule has 1 aliphatic rings. The van der Waals surface area contributed by atoms with E-state index in [1.165, 1.54) is 7.11 Å². The predicted octanol–water partition coefficient (Wildman–Crippen LogP) is 2.58. The Labute approximate surface area is 177 Å². The van der Waals surface area contributed by atoms with Gasteiger partial charge in [-0.1, -0.05) is 49.4 Å². The van der Waals surface area contributed by atoms with Crippen molar-refractivity contribution >= 4 is 21.8 Å². The van der Waals surface area contributed by atoms with Gasteiger partial charge in [0, 0.05) is 25.6 Å². The lowest BCUT2D eigenvalue weighted by molar-refractivity contribution is -0.145. The number of hydrogen-bond donors (Lipinski definition) is 1. The van der Waals surface area contributed by atoms with Crippen LogP contribution >= 0.6 is 0 Å². The number of hydrogen-bond acceptors (Lipinski definition) is 5. The molecule has 0 aromatic heterocycles. The SMILES string of the molecule is CCS(=O)(=O)c1ccc(CNC(=O)N2C[C@H](C(=O)OC)[C@@H](c3ccccc3)C2)cc1. The van der Waals surface area contributed by atoms with Crippen molar-refractivity contribution in [1.29, 1.82) is 0 Å². The molecule has 8 heteroatoms. The van der Waals surface area contributed by atoms with Crippen LogP contribution < -0.4 is 5.32 Å². The summed E-state index contributed by atoms with van der Waals surface area (Å²) >= 11 is 0. The fourth-order valence-electron chi connectivity index (χ4n) is 3.67. The summed E-state index contributed by atoms with van der Waals surface area (Å²) in [5.41, 5.74) is 1.79. The van der Waals surface area contributed by atoms with Gasteiger partial charge in [0.2, 0.25) is 0 Å². The molecule has 160 valence electrons. The number of ether oxygens (including phenoxy) is 1. The highest BCUT2D eigenvalue weighted by atomic mass is 32.2. The zero-order valence-corrected chi connectivity index (χ0v) is 17.9. The third-order valence-corrected chi connectivity index (χ3v) is 7.20. The number of methoxy groups -OCH3 is 1. The lowest BCUT2D eigenvalue weighted by Gasteiger charge is -2.17. The first-order valence-electron chi connectivity index (χ1n) is 9.83. The highest BCUT2D eigenvalue weighted by Gasteiger charge is 2.41. The third kappa shape index (κ3) is 4.81. The van der Waals surface area contributed by atoms with Crippen molar-refractivity contribution in [3.8, 4) is 0 Å². The lowest BCUT2D eigenvalue weighted by Crippen LogP contribution is -2.38. The smallest absolute Gasteiger partial charge is 0.317 e. The van der Waals surface area contributed by atoms with E-state index in [-0.39, 0.29) is 41.7 Å². The Kier molecular flexibility index (Phi) is 6.77. The summed E-state index contributed by atoms with van der Waals surface area (Å²) in [7, 11) is -1.89. The number of sulfone groups is 1. The van der Waals surface area contributed by atoms with Gasteiger partial charge in [0.15, 0.2) is 9.84 Å². The van der Waals surface area contributed by atoms with E-state index < -0.39 is 15.8 Å². The summed E-state index contributed by atoms with van der Waals surface area (Å²) in [5, 5.41) is 2.85. The summed E-state index contributed by atoms with van der Waals surface area (Å²) in [4.78, 5) is 26.8. The molecule has 2 aromatic rings. The minimum absolute atomic E-state index is 0.0436. The van der Waals surface area contributed by atoms with Gasteiger partial charge in [-0.15, -0.1) is 0 Å². The number of benzene rings is 2. The second-order valence-corrected chi connectivity index (χ2v) is 9.54. The van der Waals surface area contributed by atoms with Gasteiger partial charge in [0.1, 0.15) is 0 Å². The minimum atomic E-state index is -3.25. The Morgan fingerprint density at radius 3 is 2.33 bits per heavy atom. The zero-order chi connectivity index (χ0) is 21.7. The van der Waals surface area contributed by atoms with E-state index in [0.29, 0.717) is 6.54 Å². The number of rotatable bonds is 6. The van der Waals surface area contributed by atoms with Gasteiger partial charge < -0.3 is 15.0 Å². The molecule has 3 rings (SSSR count). The van der Waals surface area contributed by atoms with Gasteiger partial charge in [-0.2, -0.15) is 0 Å². The van der Waals surface area contributed by atoms with Crippen LogP contribution in [0.15, 0.2) is 59.5 Å². The molecule has 0 unspecified atom stereocenters. The van der Waals surface area contributed by atoms with Gasteiger partial charge in [0.25, 0.3) is 0 Å². The Morgan fingerprint density at radius 2 is 1.73 bits per heavy atom. The molecule has 1 heterocycles. The molecule has 7 nitrogen and oxygen atoms in total. The molecule has 2 atom stereocenters. The highest BCUT2D eigenvalue weighted by molar-refractivity contribution is 7.91. The largest absolute Gasteiger partial charge is 0.469 e. The quantitative estimate of drug-likeness (QED) is 0.711. The van der Waals surface area contributed by atoms with Crippen LogP contribution in [0.4, 0.5) is 4.79 Å². The molecule has 0 spiro atoms. The molecule has 0 bridgehead atoms. The number of urea groups is 1. The number of amides is 2. The van der Waals surface area contributed by atoms with Crippen molar-refractivity contribution < 1.29 is 22.7 Å². The average molecular weight is 431 g/mol. The zero-order valence-electron chi connectivity index (χ0n) is 17.1. The molecule has 0 aliphatic carbocycles. The molecular weight excluding hydrogens is 404 g/mol. The molecule has 1 N–H and O–H groups in total. The number of carbonyl (C=O) groups is 2. The number of carbonyl (C=O) groups excluding carboxylic acids is 2. The van der Waals surface area contributed by atoms with Crippen molar-refractivity contribution in [2.75, 3.05) is 26.0 Å². The Morgan fingerprint density at radius 1 is 1.07 bits per heavy atom. The maximum absolute atomic E-state index is 12.7. The van der Waals surface area contributed by atoms with Crippen molar-refractivity contribution in [2.45, 2.75) is 24.3 Å². The second-order valence-electron chi connectivity index (χ2n) is 7.26. The molecule has 1 aliphatic heterocycles. The maximum atomic E-state index is 12.7. The van der Waals surface area contributed by atoms with E-state index in [9.17, 15) is 18.0 Å². The first-order chi connectivity index (χ1) is 14.4. The summed E-state index contributed by atoms with van der Waals surface area (Å²) in [6.07, 6.45) is 0. The summed E-state index contributed by atoms with van der Waals surface area (Å²) in [6.45, 7) is 2.57. The molecule has 0 saturated carbocycles. The second kappa shape index (κ2) is 9.30. The monoisotopic (exact) mass is 430 g/mol. The van der Waals surface area contributed by atoms with E-state index in [1.807, 2.05) is 30.3 Å².